The summed E-state index contributed by atoms with van der Waals surface area (Å²) in [6.07, 6.45) is 1.24. The van der Waals surface area contributed by atoms with Crippen LogP contribution < -0.4 is 4.72 Å². The Kier molecular flexibility index (Phi) is 3.71. The van der Waals surface area contributed by atoms with Crippen LogP contribution in [0.4, 0.5) is 5.95 Å². The van der Waals surface area contributed by atoms with Crippen molar-refractivity contribution in [3.63, 3.8) is 0 Å². The first-order valence-electron chi connectivity index (χ1n) is 5.14. The predicted molar refractivity (Wildman–Crippen MR) is 73.0 cm³/mol. The van der Waals surface area contributed by atoms with Gasteiger partial charge in [-0.2, -0.15) is 10.1 Å². The normalized spacial score (nSPS) is 11.6. The van der Waals surface area contributed by atoms with Crippen LogP contribution in [0.1, 0.15) is 5.56 Å². The van der Waals surface area contributed by atoms with E-state index in [1.54, 1.807) is 14.0 Å². The maximum Gasteiger partial charge on any atom is 0.264 e. The van der Waals surface area contributed by atoms with E-state index in [1.807, 2.05) is 0 Å². The Morgan fingerprint density at radius 3 is 2.32 bits per heavy atom. The summed E-state index contributed by atoms with van der Waals surface area (Å²) in [6.45, 7) is 1.71. The molecule has 0 saturated carbocycles. The van der Waals surface area contributed by atoms with E-state index < -0.39 is 10.0 Å². The summed E-state index contributed by atoms with van der Waals surface area (Å²) in [4.78, 5) is 3.75. The number of sulfonamides is 1. The Hall–Kier alpha value is -1.31. The van der Waals surface area contributed by atoms with Gasteiger partial charge in [0, 0.05) is 17.1 Å². The summed E-state index contributed by atoms with van der Waals surface area (Å²) in [6, 6.07) is 2.67. The van der Waals surface area contributed by atoms with Gasteiger partial charge in [0.25, 0.3) is 10.0 Å². The van der Waals surface area contributed by atoms with Crippen molar-refractivity contribution in [3.05, 3.63) is 34.1 Å². The quantitative estimate of drug-likeness (QED) is 0.940. The molecule has 2 rings (SSSR count). The van der Waals surface area contributed by atoms with E-state index >= 15 is 0 Å². The van der Waals surface area contributed by atoms with Crippen LogP contribution in [0.3, 0.4) is 0 Å². The lowest BCUT2D eigenvalue weighted by atomic mass is 10.2. The van der Waals surface area contributed by atoms with Crippen LogP contribution in [0.25, 0.3) is 0 Å². The molecule has 0 radical (unpaired) electrons. The molecule has 1 aromatic carbocycles. The standard InChI is InChI=1S/C10H10Cl2N4O2S/c1-6-8(11)3-7(4-9(6)12)19(17,18)15-10-13-5-14-16(10)2/h3-5H,1-2H3,(H,13,14,15). The molecule has 0 aliphatic rings. The third-order valence-corrected chi connectivity index (χ3v) is 4.59. The highest BCUT2D eigenvalue weighted by molar-refractivity contribution is 7.92. The summed E-state index contributed by atoms with van der Waals surface area (Å²) in [5.41, 5.74) is 0.626. The number of nitrogens with zero attached hydrogens (tertiary/aromatic N) is 3. The van der Waals surface area contributed by atoms with Gasteiger partial charge in [-0.3, -0.25) is 0 Å². The molecule has 9 heteroatoms. The smallest absolute Gasteiger partial charge is 0.247 e. The van der Waals surface area contributed by atoms with Gasteiger partial charge in [0.2, 0.25) is 5.95 Å². The minimum absolute atomic E-state index is 0.0314. The molecule has 19 heavy (non-hydrogen) atoms. The molecule has 0 saturated heterocycles. The average molecular weight is 321 g/mol. The van der Waals surface area contributed by atoms with E-state index in [2.05, 4.69) is 14.8 Å². The molecule has 0 atom stereocenters. The van der Waals surface area contributed by atoms with Crippen molar-refractivity contribution >= 4 is 39.2 Å². The predicted octanol–water partition coefficient (Wildman–Crippen LogP) is 2.23. The molecule has 0 aliphatic carbocycles. The molecule has 2 aromatic rings. The Bertz CT molecular complexity index is 704. The van der Waals surface area contributed by atoms with Crippen LogP contribution in [-0.2, 0) is 17.1 Å². The van der Waals surface area contributed by atoms with Gasteiger partial charge in [0.05, 0.1) is 4.90 Å². The van der Waals surface area contributed by atoms with Gasteiger partial charge in [0.15, 0.2) is 0 Å². The van der Waals surface area contributed by atoms with Crippen molar-refractivity contribution < 1.29 is 8.42 Å². The molecule has 1 heterocycles. The number of nitrogens with one attached hydrogen (secondary N) is 1. The zero-order chi connectivity index (χ0) is 14.2. The van der Waals surface area contributed by atoms with Crippen LogP contribution in [-0.4, -0.2) is 23.2 Å². The number of hydrogen-bond donors (Lipinski definition) is 1. The molecule has 0 unspecified atom stereocenters. The average Bonchev–Trinajstić information content (AvgIpc) is 2.70. The lowest BCUT2D eigenvalue weighted by Gasteiger charge is -2.09. The number of benzene rings is 1. The first-order chi connectivity index (χ1) is 8.81. The second-order valence-corrected chi connectivity index (χ2v) is 6.32. The zero-order valence-electron chi connectivity index (χ0n) is 10.1. The first kappa shape index (κ1) is 14.1. The largest absolute Gasteiger partial charge is 0.264 e. The van der Waals surface area contributed by atoms with Crippen LogP contribution in [0.15, 0.2) is 23.4 Å². The van der Waals surface area contributed by atoms with Gasteiger partial charge in [-0.1, -0.05) is 23.2 Å². The number of aromatic nitrogens is 3. The van der Waals surface area contributed by atoms with Gasteiger partial charge in [-0.25, -0.2) is 17.8 Å². The van der Waals surface area contributed by atoms with Gasteiger partial charge in [0.1, 0.15) is 6.33 Å². The number of anilines is 1. The number of rotatable bonds is 3. The zero-order valence-corrected chi connectivity index (χ0v) is 12.4. The first-order valence-corrected chi connectivity index (χ1v) is 7.37. The van der Waals surface area contributed by atoms with Crippen molar-refractivity contribution in [2.75, 3.05) is 4.72 Å². The highest BCUT2D eigenvalue weighted by atomic mass is 35.5. The van der Waals surface area contributed by atoms with Gasteiger partial charge in [-0.15, -0.1) is 0 Å². The molecule has 0 amide bonds. The fraction of sp³-hybridized carbons (Fsp3) is 0.200. The number of hydrogen-bond acceptors (Lipinski definition) is 4. The van der Waals surface area contributed by atoms with E-state index in [0.717, 1.165) is 0 Å². The Morgan fingerprint density at radius 2 is 1.84 bits per heavy atom. The van der Waals surface area contributed by atoms with Gasteiger partial charge in [-0.05, 0) is 24.6 Å². The SMILES string of the molecule is Cc1c(Cl)cc(S(=O)(=O)Nc2ncnn2C)cc1Cl. The van der Waals surface area contributed by atoms with E-state index in [1.165, 1.54) is 23.1 Å². The summed E-state index contributed by atoms with van der Waals surface area (Å²) < 4.78 is 27.9. The van der Waals surface area contributed by atoms with Crippen molar-refractivity contribution in [1.82, 2.24) is 14.8 Å². The molecule has 0 fully saturated rings. The Balaban J connectivity index is 2.43. The van der Waals surface area contributed by atoms with Gasteiger partial charge >= 0.3 is 0 Å². The maximum atomic E-state index is 12.2. The third-order valence-electron chi connectivity index (χ3n) is 2.50. The minimum Gasteiger partial charge on any atom is -0.247 e. The topological polar surface area (TPSA) is 76.9 Å². The van der Waals surface area contributed by atoms with E-state index in [4.69, 9.17) is 23.2 Å². The summed E-state index contributed by atoms with van der Waals surface area (Å²) in [5, 5.41) is 4.34. The fourth-order valence-corrected chi connectivity index (χ4v) is 3.05. The maximum absolute atomic E-state index is 12.2. The second kappa shape index (κ2) is 4.99. The molecular formula is C10H10Cl2N4O2S. The molecule has 0 aliphatic heterocycles. The molecule has 102 valence electrons. The molecule has 1 N–H and O–H groups in total. The van der Waals surface area contributed by atoms with Crippen molar-refractivity contribution in [3.8, 4) is 0 Å². The molecule has 0 bridgehead atoms. The Morgan fingerprint density at radius 1 is 1.26 bits per heavy atom. The second-order valence-electron chi connectivity index (χ2n) is 3.82. The third kappa shape index (κ3) is 2.83. The highest BCUT2D eigenvalue weighted by Crippen LogP contribution is 2.28. The van der Waals surface area contributed by atoms with Crippen LogP contribution in [0.5, 0.6) is 0 Å². The van der Waals surface area contributed by atoms with Crippen molar-refractivity contribution in [2.24, 2.45) is 7.05 Å². The molecular weight excluding hydrogens is 311 g/mol. The molecule has 1 aromatic heterocycles. The van der Waals surface area contributed by atoms with E-state index in [9.17, 15) is 8.42 Å². The molecule has 0 spiro atoms. The molecule has 6 nitrogen and oxygen atoms in total. The van der Waals surface area contributed by atoms with E-state index in [0.29, 0.717) is 5.56 Å². The van der Waals surface area contributed by atoms with Crippen LogP contribution >= 0.6 is 23.2 Å². The van der Waals surface area contributed by atoms with Crippen LogP contribution in [0, 0.1) is 6.92 Å². The summed E-state index contributed by atoms with van der Waals surface area (Å²) in [7, 11) is -2.24. The monoisotopic (exact) mass is 320 g/mol. The van der Waals surface area contributed by atoms with Gasteiger partial charge < -0.3 is 0 Å². The van der Waals surface area contributed by atoms with Crippen molar-refractivity contribution in [2.45, 2.75) is 11.8 Å². The van der Waals surface area contributed by atoms with Crippen LogP contribution in [0.2, 0.25) is 10.0 Å². The van der Waals surface area contributed by atoms with E-state index in [-0.39, 0.29) is 20.9 Å². The Labute approximate surface area is 120 Å². The highest BCUT2D eigenvalue weighted by Gasteiger charge is 2.19. The van der Waals surface area contributed by atoms with Crippen molar-refractivity contribution in [1.29, 1.82) is 0 Å². The summed E-state index contributed by atoms with van der Waals surface area (Å²) >= 11 is 11.9. The lowest BCUT2D eigenvalue weighted by Crippen LogP contribution is -2.16. The lowest BCUT2D eigenvalue weighted by molar-refractivity contribution is 0.600. The fourth-order valence-electron chi connectivity index (χ4n) is 1.34. The number of aryl methyl sites for hydroxylation is 1. The minimum atomic E-state index is -3.81. The summed E-state index contributed by atoms with van der Waals surface area (Å²) in [5.74, 6) is 0.104. The number of halogens is 2.